The Morgan fingerprint density at radius 1 is 1.29 bits per heavy atom. The van der Waals surface area contributed by atoms with Crippen molar-refractivity contribution in [1.82, 2.24) is 0 Å². The summed E-state index contributed by atoms with van der Waals surface area (Å²) in [4.78, 5) is 0. The van der Waals surface area contributed by atoms with Gasteiger partial charge in [-0.25, -0.2) is 0 Å². The van der Waals surface area contributed by atoms with Crippen LogP contribution in [0.2, 0.25) is 0 Å². The Bertz CT molecular complexity index is 657. The molecule has 0 radical (unpaired) electrons. The Labute approximate surface area is 133 Å². The molecule has 2 aromatic carbocycles. The van der Waals surface area contributed by atoms with Gasteiger partial charge < -0.3 is 14.8 Å². The Morgan fingerprint density at radius 3 is 2.90 bits per heavy atom. The Morgan fingerprint density at radius 2 is 2.10 bits per heavy atom. The second-order valence-electron chi connectivity index (χ2n) is 5.17. The quantitative estimate of drug-likeness (QED) is 0.872. The number of anilines is 1. The number of methoxy groups -OCH3 is 1. The highest BCUT2D eigenvalue weighted by atomic mass is 79.9. The van der Waals surface area contributed by atoms with Crippen molar-refractivity contribution in [1.29, 1.82) is 0 Å². The summed E-state index contributed by atoms with van der Waals surface area (Å²) in [6.45, 7) is 2.81. The number of hydrogen-bond donors (Lipinski definition) is 1. The normalized spacial score (nSPS) is 16.8. The molecule has 0 saturated carbocycles. The molecule has 4 heteroatoms. The van der Waals surface area contributed by atoms with Gasteiger partial charge in [0.1, 0.15) is 11.5 Å². The van der Waals surface area contributed by atoms with Crippen molar-refractivity contribution >= 4 is 21.6 Å². The van der Waals surface area contributed by atoms with E-state index in [-0.39, 0.29) is 6.04 Å². The third-order valence-electron chi connectivity index (χ3n) is 3.76. The van der Waals surface area contributed by atoms with Crippen LogP contribution < -0.4 is 14.8 Å². The number of rotatable bonds is 3. The zero-order chi connectivity index (χ0) is 14.8. The van der Waals surface area contributed by atoms with E-state index >= 15 is 0 Å². The summed E-state index contributed by atoms with van der Waals surface area (Å²) in [7, 11) is 1.70. The van der Waals surface area contributed by atoms with E-state index in [1.807, 2.05) is 24.3 Å². The molecular formula is C17H18BrNO2. The van der Waals surface area contributed by atoms with Crippen molar-refractivity contribution in [3.63, 3.8) is 0 Å². The van der Waals surface area contributed by atoms with Crippen molar-refractivity contribution in [3.05, 3.63) is 52.0 Å². The van der Waals surface area contributed by atoms with Crippen LogP contribution in [-0.4, -0.2) is 13.7 Å². The van der Waals surface area contributed by atoms with Crippen molar-refractivity contribution < 1.29 is 9.47 Å². The van der Waals surface area contributed by atoms with E-state index in [1.165, 1.54) is 5.56 Å². The Balaban J connectivity index is 1.95. The van der Waals surface area contributed by atoms with Crippen LogP contribution >= 0.6 is 15.9 Å². The van der Waals surface area contributed by atoms with Gasteiger partial charge in [0.15, 0.2) is 0 Å². The van der Waals surface area contributed by atoms with Crippen molar-refractivity contribution in [2.75, 3.05) is 19.0 Å². The van der Waals surface area contributed by atoms with Crippen LogP contribution in [0.5, 0.6) is 11.5 Å². The van der Waals surface area contributed by atoms with Crippen LogP contribution in [0.25, 0.3) is 0 Å². The lowest BCUT2D eigenvalue weighted by Crippen LogP contribution is -2.21. The van der Waals surface area contributed by atoms with E-state index in [1.54, 1.807) is 7.11 Å². The largest absolute Gasteiger partial charge is 0.495 e. The van der Waals surface area contributed by atoms with E-state index in [9.17, 15) is 0 Å². The highest BCUT2D eigenvalue weighted by molar-refractivity contribution is 9.10. The van der Waals surface area contributed by atoms with Gasteiger partial charge in [-0.05, 0) is 30.7 Å². The third kappa shape index (κ3) is 2.86. The van der Waals surface area contributed by atoms with Gasteiger partial charge in [0.25, 0.3) is 0 Å². The monoisotopic (exact) mass is 347 g/mol. The smallest absolute Gasteiger partial charge is 0.143 e. The van der Waals surface area contributed by atoms with Crippen LogP contribution in [-0.2, 0) is 0 Å². The molecule has 1 aliphatic rings. The molecular weight excluding hydrogens is 330 g/mol. The molecule has 0 aliphatic carbocycles. The molecule has 0 aromatic heterocycles. The van der Waals surface area contributed by atoms with Gasteiger partial charge in [-0.3, -0.25) is 0 Å². The maximum absolute atomic E-state index is 5.72. The van der Waals surface area contributed by atoms with E-state index in [0.29, 0.717) is 0 Å². The summed E-state index contributed by atoms with van der Waals surface area (Å²) in [6.07, 6.45) is 0.940. The molecule has 1 unspecified atom stereocenters. The molecule has 1 atom stereocenters. The van der Waals surface area contributed by atoms with Crippen LogP contribution in [0.4, 0.5) is 5.69 Å². The maximum Gasteiger partial charge on any atom is 0.143 e. The molecule has 0 bridgehead atoms. The average molecular weight is 348 g/mol. The molecule has 1 heterocycles. The highest BCUT2D eigenvalue weighted by Crippen LogP contribution is 2.39. The van der Waals surface area contributed by atoms with Gasteiger partial charge in [-0.2, -0.15) is 0 Å². The van der Waals surface area contributed by atoms with E-state index in [4.69, 9.17) is 9.47 Å². The molecule has 0 amide bonds. The van der Waals surface area contributed by atoms with E-state index < -0.39 is 0 Å². The molecule has 110 valence electrons. The topological polar surface area (TPSA) is 30.5 Å². The van der Waals surface area contributed by atoms with E-state index in [0.717, 1.165) is 40.3 Å². The summed E-state index contributed by atoms with van der Waals surface area (Å²) < 4.78 is 12.3. The fraction of sp³-hybridized carbons (Fsp3) is 0.294. The molecule has 3 rings (SSSR count). The first kappa shape index (κ1) is 14.3. The number of para-hydroxylation sites is 1. The molecule has 0 spiro atoms. The van der Waals surface area contributed by atoms with Crippen LogP contribution in [0, 0.1) is 6.92 Å². The molecule has 3 nitrogen and oxygen atoms in total. The number of fused-ring (bicyclic) bond motifs is 1. The second-order valence-corrected chi connectivity index (χ2v) is 6.09. The van der Waals surface area contributed by atoms with Gasteiger partial charge in [0.2, 0.25) is 0 Å². The predicted octanol–water partition coefficient (Wildman–Crippen LogP) is 4.70. The maximum atomic E-state index is 5.72. The number of hydrogen-bond acceptors (Lipinski definition) is 3. The first-order valence-electron chi connectivity index (χ1n) is 7.01. The van der Waals surface area contributed by atoms with Crippen molar-refractivity contribution in [2.24, 2.45) is 0 Å². The van der Waals surface area contributed by atoms with Gasteiger partial charge in [0, 0.05) is 16.5 Å². The zero-order valence-corrected chi connectivity index (χ0v) is 13.7. The molecule has 0 fully saturated rings. The van der Waals surface area contributed by atoms with Gasteiger partial charge in [0.05, 0.1) is 25.4 Å². The average Bonchev–Trinajstić information content (AvgIpc) is 2.50. The SMILES string of the molecule is COc1cc(Br)cc(C)c1NC1CCOc2ccccc21. The fourth-order valence-electron chi connectivity index (χ4n) is 2.72. The zero-order valence-electron chi connectivity index (χ0n) is 12.2. The van der Waals surface area contributed by atoms with Crippen molar-refractivity contribution in [2.45, 2.75) is 19.4 Å². The first-order valence-corrected chi connectivity index (χ1v) is 7.80. The number of nitrogens with one attached hydrogen (secondary N) is 1. The number of ether oxygens (including phenoxy) is 2. The lowest BCUT2D eigenvalue weighted by Gasteiger charge is -2.28. The fourth-order valence-corrected chi connectivity index (χ4v) is 3.28. The van der Waals surface area contributed by atoms with Crippen LogP contribution in [0.1, 0.15) is 23.6 Å². The Hall–Kier alpha value is -1.68. The molecule has 1 N–H and O–H groups in total. The molecule has 2 aromatic rings. The minimum Gasteiger partial charge on any atom is -0.495 e. The van der Waals surface area contributed by atoms with Gasteiger partial charge in [-0.15, -0.1) is 0 Å². The number of benzene rings is 2. The minimum absolute atomic E-state index is 0.240. The summed E-state index contributed by atoms with van der Waals surface area (Å²) in [5, 5.41) is 3.63. The summed E-state index contributed by atoms with van der Waals surface area (Å²) >= 11 is 3.51. The third-order valence-corrected chi connectivity index (χ3v) is 4.22. The van der Waals surface area contributed by atoms with E-state index in [2.05, 4.69) is 40.3 Å². The molecule has 1 aliphatic heterocycles. The minimum atomic E-state index is 0.240. The predicted molar refractivity (Wildman–Crippen MR) is 88.3 cm³/mol. The summed E-state index contributed by atoms with van der Waals surface area (Å²) in [5.41, 5.74) is 3.40. The first-order chi connectivity index (χ1) is 10.2. The van der Waals surface area contributed by atoms with Gasteiger partial charge >= 0.3 is 0 Å². The lowest BCUT2D eigenvalue weighted by atomic mass is 9.99. The summed E-state index contributed by atoms with van der Waals surface area (Å²) in [6, 6.07) is 12.5. The Kier molecular flexibility index (Phi) is 4.06. The van der Waals surface area contributed by atoms with Gasteiger partial charge in [-0.1, -0.05) is 34.1 Å². The molecule has 0 saturated heterocycles. The van der Waals surface area contributed by atoms with Crippen LogP contribution in [0.15, 0.2) is 40.9 Å². The number of aryl methyl sites for hydroxylation is 1. The number of halogens is 1. The standard InChI is InChI=1S/C17H18BrNO2/c1-11-9-12(18)10-16(20-2)17(11)19-14-7-8-21-15-6-4-3-5-13(14)15/h3-6,9-10,14,19H,7-8H2,1-2H3. The van der Waals surface area contributed by atoms with Crippen LogP contribution in [0.3, 0.4) is 0 Å². The molecule has 21 heavy (non-hydrogen) atoms. The van der Waals surface area contributed by atoms with Crippen molar-refractivity contribution in [3.8, 4) is 11.5 Å². The second kappa shape index (κ2) is 5.98. The lowest BCUT2D eigenvalue weighted by molar-refractivity contribution is 0.274. The highest BCUT2D eigenvalue weighted by Gasteiger charge is 2.22. The summed E-state index contributed by atoms with van der Waals surface area (Å²) in [5.74, 6) is 1.82.